The Morgan fingerprint density at radius 2 is 1.65 bits per heavy atom. The summed E-state index contributed by atoms with van der Waals surface area (Å²) >= 11 is 0. The minimum absolute atomic E-state index is 0.121. The second-order valence-corrected chi connectivity index (χ2v) is 5.93. The fraction of sp³-hybridized carbons (Fsp3) is 0.200. The van der Waals surface area contributed by atoms with E-state index in [1.54, 1.807) is 36.4 Å². The Bertz CT molecular complexity index is 785. The zero-order valence-electron chi connectivity index (χ0n) is 15.0. The lowest BCUT2D eigenvalue weighted by Gasteiger charge is -2.10. The Morgan fingerprint density at radius 1 is 0.962 bits per heavy atom. The number of ether oxygens (including phenoxy) is 1. The summed E-state index contributed by atoms with van der Waals surface area (Å²) in [7, 11) is 0. The fourth-order valence-electron chi connectivity index (χ4n) is 2.13. The van der Waals surface area contributed by atoms with Crippen LogP contribution in [0.4, 0.5) is 17.1 Å². The van der Waals surface area contributed by atoms with Crippen molar-refractivity contribution in [3.05, 3.63) is 60.7 Å². The normalized spacial score (nSPS) is 9.92. The molecule has 0 aliphatic carbocycles. The summed E-state index contributed by atoms with van der Waals surface area (Å²) in [6.45, 7) is 7.69. The van der Waals surface area contributed by atoms with Crippen LogP contribution in [0.25, 0.3) is 0 Å². The van der Waals surface area contributed by atoms with Gasteiger partial charge in [-0.05, 0) is 48.9 Å². The monoisotopic (exact) mass is 353 g/mol. The first-order chi connectivity index (χ1) is 12.4. The first-order valence-corrected chi connectivity index (χ1v) is 8.21. The lowest BCUT2D eigenvalue weighted by molar-refractivity contribution is -0.115. The first kappa shape index (κ1) is 19.1. The van der Waals surface area contributed by atoms with Gasteiger partial charge in [-0.15, -0.1) is 0 Å². The molecule has 0 aliphatic heterocycles. The molecule has 0 radical (unpaired) electrons. The highest BCUT2D eigenvalue weighted by Gasteiger charge is 2.04. The maximum atomic E-state index is 12.1. The number of carbonyl (C=O) groups is 2. The molecule has 2 rings (SSSR count). The predicted octanol–water partition coefficient (Wildman–Crippen LogP) is 3.65. The van der Waals surface area contributed by atoms with Crippen LogP contribution in [0.2, 0.25) is 0 Å². The third kappa shape index (κ3) is 6.68. The smallest absolute Gasteiger partial charge is 0.243 e. The highest BCUT2D eigenvalue weighted by molar-refractivity contribution is 5.94. The van der Waals surface area contributed by atoms with E-state index in [4.69, 9.17) is 4.74 Å². The Labute approximate surface area is 153 Å². The molecule has 0 aliphatic rings. The summed E-state index contributed by atoms with van der Waals surface area (Å²) in [5.74, 6) is 0.375. The topological polar surface area (TPSA) is 79.5 Å². The minimum atomic E-state index is -0.173. The van der Waals surface area contributed by atoms with Crippen molar-refractivity contribution < 1.29 is 14.3 Å². The number of nitrogens with one attached hydrogen (secondary N) is 3. The second-order valence-electron chi connectivity index (χ2n) is 5.93. The average molecular weight is 353 g/mol. The number of hydrogen-bond acceptors (Lipinski definition) is 4. The van der Waals surface area contributed by atoms with E-state index in [0.717, 1.165) is 11.3 Å². The van der Waals surface area contributed by atoms with Gasteiger partial charge >= 0.3 is 0 Å². The molecule has 3 N–H and O–H groups in total. The van der Waals surface area contributed by atoms with Crippen LogP contribution in [0.3, 0.4) is 0 Å². The molecule has 0 aromatic heterocycles. The van der Waals surface area contributed by atoms with Gasteiger partial charge in [0.25, 0.3) is 0 Å². The molecule has 0 saturated carbocycles. The van der Waals surface area contributed by atoms with Gasteiger partial charge in [-0.2, -0.15) is 0 Å². The molecule has 6 heteroatoms. The van der Waals surface area contributed by atoms with E-state index < -0.39 is 0 Å². The van der Waals surface area contributed by atoms with E-state index >= 15 is 0 Å². The van der Waals surface area contributed by atoms with Crippen molar-refractivity contribution in [3.63, 3.8) is 0 Å². The molecule has 0 saturated heterocycles. The molecule has 26 heavy (non-hydrogen) atoms. The third-order valence-electron chi connectivity index (χ3n) is 3.26. The van der Waals surface area contributed by atoms with Crippen molar-refractivity contribution in [1.29, 1.82) is 0 Å². The summed E-state index contributed by atoms with van der Waals surface area (Å²) in [4.78, 5) is 23.1. The van der Waals surface area contributed by atoms with Crippen molar-refractivity contribution in [1.82, 2.24) is 0 Å². The van der Waals surface area contributed by atoms with E-state index in [1.807, 2.05) is 19.1 Å². The van der Waals surface area contributed by atoms with Crippen LogP contribution in [0.15, 0.2) is 60.7 Å². The molecule has 2 amide bonds. The van der Waals surface area contributed by atoms with Crippen LogP contribution >= 0.6 is 0 Å². The largest absolute Gasteiger partial charge is 0.489 e. The summed E-state index contributed by atoms with van der Waals surface area (Å²) in [6, 6.07) is 14.3. The van der Waals surface area contributed by atoms with E-state index in [-0.39, 0.29) is 18.4 Å². The van der Waals surface area contributed by atoms with Crippen molar-refractivity contribution in [3.8, 4) is 5.75 Å². The SMILES string of the molecule is C=C(C)COc1cccc(NC(=O)CNc2ccc(NC(C)=O)cc2)c1. The van der Waals surface area contributed by atoms with E-state index in [0.29, 0.717) is 23.7 Å². The molecular formula is C20H23N3O3. The van der Waals surface area contributed by atoms with Gasteiger partial charge in [0, 0.05) is 30.1 Å². The molecule has 2 aromatic rings. The van der Waals surface area contributed by atoms with Crippen molar-refractivity contribution in [2.45, 2.75) is 13.8 Å². The first-order valence-electron chi connectivity index (χ1n) is 8.21. The highest BCUT2D eigenvalue weighted by Crippen LogP contribution is 2.18. The molecular weight excluding hydrogens is 330 g/mol. The number of amides is 2. The Hall–Kier alpha value is -3.28. The molecule has 2 aromatic carbocycles. The quantitative estimate of drug-likeness (QED) is 0.633. The van der Waals surface area contributed by atoms with Crippen molar-refractivity contribution in [2.24, 2.45) is 0 Å². The van der Waals surface area contributed by atoms with Crippen LogP contribution < -0.4 is 20.7 Å². The number of benzene rings is 2. The Balaban J connectivity index is 1.84. The number of rotatable bonds is 8. The van der Waals surface area contributed by atoms with Gasteiger partial charge in [0.05, 0.1) is 6.54 Å². The van der Waals surface area contributed by atoms with Crippen LogP contribution in [0.5, 0.6) is 5.75 Å². The summed E-state index contributed by atoms with van der Waals surface area (Å²) in [5, 5.41) is 8.54. The molecule has 0 heterocycles. The van der Waals surface area contributed by atoms with Gasteiger partial charge in [0.2, 0.25) is 11.8 Å². The molecule has 6 nitrogen and oxygen atoms in total. The zero-order valence-corrected chi connectivity index (χ0v) is 15.0. The van der Waals surface area contributed by atoms with Crippen LogP contribution in [-0.2, 0) is 9.59 Å². The zero-order chi connectivity index (χ0) is 18.9. The van der Waals surface area contributed by atoms with E-state index in [2.05, 4.69) is 22.5 Å². The molecule has 136 valence electrons. The fourth-order valence-corrected chi connectivity index (χ4v) is 2.13. The minimum Gasteiger partial charge on any atom is -0.489 e. The highest BCUT2D eigenvalue weighted by atomic mass is 16.5. The number of anilines is 3. The van der Waals surface area contributed by atoms with Gasteiger partial charge in [0.15, 0.2) is 0 Å². The molecule has 0 fully saturated rings. The predicted molar refractivity (Wildman–Crippen MR) is 105 cm³/mol. The van der Waals surface area contributed by atoms with Gasteiger partial charge in [-0.3, -0.25) is 9.59 Å². The summed E-state index contributed by atoms with van der Waals surface area (Å²) in [6.07, 6.45) is 0. The van der Waals surface area contributed by atoms with Gasteiger partial charge in [-0.1, -0.05) is 12.6 Å². The maximum Gasteiger partial charge on any atom is 0.243 e. The second kappa shape index (κ2) is 9.27. The summed E-state index contributed by atoms with van der Waals surface area (Å²) < 4.78 is 5.56. The molecule has 0 atom stereocenters. The lowest BCUT2D eigenvalue weighted by Crippen LogP contribution is -2.21. The van der Waals surface area contributed by atoms with Crippen LogP contribution in [0.1, 0.15) is 13.8 Å². The number of carbonyl (C=O) groups excluding carboxylic acids is 2. The van der Waals surface area contributed by atoms with Crippen molar-refractivity contribution in [2.75, 3.05) is 29.1 Å². The molecule has 0 unspecified atom stereocenters. The Kier molecular flexibility index (Phi) is 6.79. The van der Waals surface area contributed by atoms with E-state index in [1.165, 1.54) is 6.92 Å². The molecule has 0 bridgehead atoms. The van der Waals surface area contributed by atoms with E-state index in [9.17, 15) is 9.59 Å². The van der Waals surface area contributed by atoms with Gasteiger partial charge in [0.1, 0.15) is 12.4 Å². The van der Waals surface area contributed by atoms with Crippen molar-refractivity contribution >= 4 is 28.9 Å². The van der Waals surface area contributed by atoms with Gasteiger partial charge in [-0.25, -0.2) is 0 Å². The lowest BCUT2D eigenvalue weighted by atomic mass is 10.2. The summed E-state index contributed by atoms with van der Waals surface area (Å²) in [5.41, 5.74) is 3.08. The van der Waals surface area contributed by atoms with Crippen LogP contribution in [0, 0.1) is 0 Å². The number of hydrogen-bond donors (Lipinski definition) is 3. The molecule has 0 spiro atoms. The van der Waals surface area contributed by atoms with Gasteiger partial charge < -0.3 is 20.7 Å². The Morgan fingerprint density at radius 3 is 2.31 bits per heavy atom. The third-order valence-corrected chi connectivity index (χ3v) is 3.26. The maximum absolute atomic E-state index is 12.1. The van der Waals surface area contributed by atoms with Crippen LogP contribution in [-0.4, -0.2) is 25.0 Å². The standard InChI is InChI=1S/C20H23N3O3/c1-14(2)13-26-19-6-4-5-18(11-19)23-20(25)12-21-16-7-9-17(10-8-16)22-15(3)24/h4-11,21H,1,12-13H2,2-3H3,(H,22,24)(H,23,25). The average Bonchev–Trinajstić information content (AvgIpc) is 2.59.